The number of nitrogen functional groups attached to an aromatic ring is 1. The second-order valence-electron chi connectivity index (χ2n) is 11.7. The molecule has 8 nitrogen and oxygen atoms in total. The number of carbonyl (C=O) groups is 3. The maximum Gasteiger partial charge on any atom is 0.273 e. The average molecular weight is 582 g/mol. The molecule has 0 radical (unpaired) electrons. The maximum atomic E-state index is 14.3. The molecule has 1 fully saturated rings. The third-order valence-electron chi connectivity index (χ3n) is 6.95. The van der Waals surface area contributed by atoms with Crippen LogP contribution in [0.2, 0.25) is 0 Å². The molecule has 1 atom stereocenters. The second-order valence-corrected chi connectivity index (χ2v) is 13.4. The predicted molar refractivity (Wildman–Crippen MR) is 163 cm³/mol. The Morgan fingerprint density at radius 2 is 1.73 bits per heavy atom. The number of anilines is 2. The lowest BCUT2D eigenvalue weighted by Gasteiger charge is -2.33. The molecule has 10 heteroatoms. The van der Waals surface area contributed by atoms with Crippen LogP contribution in [0.1, 0.15) is 109 Å². The summed E-state index contributed by atoms with van der Waals surface area (Å²) < 4.78 is 4.30. The first-order valence-electron chi connectivity index (χ1n) is 13.8. The molecule has 214 valence electrons. The molecule has 4 N–H and O–H groups in total. The number of hydrogen-bond acceptors (Lipinski definition) is 7. The van der Waals surface area contributed by atoms with E-state index in [-0.39, 0.29) is 34.1 Å². The van der Waals surface area contributed by atoms with Gasteiger partial charge in [0.1, 0.15) is 4.88 Å². The number of nitrogens with one attached hydrogen (secondary N) is 2. The van der Waals surface area contributed by atoms with E-state index < -0.39 is 17.5 Å². The minimum absolute atomic E-state index is 0.0354. The van der Waals surface area contributed by atoms with Crippen LogP contribution in [0.3, 0.4) is 0 Å². The molecule has 3 amide bonds. The number of nitrogens with two attached hydrogens (primary N) is 1. The maximum absolute atomic E-state index is 14.3. The molecule has 1 aromatic carbocycles. The third-order valence-corrected chi connectivity index (χ3v) is 8.73. The molecule has 1 saturated carbocycles. The van der Waals surface area contributed by atoms with Crippen molar-refractivity contribution < 1.29 is 14.4 Å². The van der Waals surface area contributed by atoms with E-state index in [2.05, 4.69) is 28.9 Å². The van der Waals surface area contributed by atoms with Gasteiger partial charge in [0.15, 0.2) is 11.7 Å². The first-order valence-corrected chi connectivity index (χ1v) is 15.5. The second kappa shape index (κ2) is 12.5. The van der Waals surface area contributed by atoms with E-state index in [1.54, 1.807) is 0 Å². The normalized spacial score (nSPS) is 15.1. The van der Waals surface area contributed by atoms with Crippen LogP contribution < -0.4 is 21.3 Å². The minimum Gasteiger partial charge on any atom is -0.395 e. The Kier molecular flexibility index (Phi) is 9.30. The highest BCUT2D eigenvalue weighted by Gasteiger charge is 2.38. The van der Waals surface area contributed by atoms with Gasteiger partial charge in [-0.25, -0.2) is 0 Å². The molecule has 1 aliphatic rings. The minimum atomic E-state index is -0.947. The van der Waals surface area contributed by atoms with Gasteiger partial charge in [-0.15, -0.1) is 11.3 Å². The summed E-state index contributed by atoms with van der Waals surface area (Å²) in [6.45, 7) is 9.90. The Bertz CT molecular complexity index is 1320. The van der Waals surface area contributed by atoms with Crippen LogP contribution in [0, 0.1) is 0 Å². The van der Waals surface area contributed by atoms with Crippen molar-refractivity contribution >= 4 is 52.0 Å². The molecule has 2 heterocycles. The van der Waals surface area contributed by atoms with Crippen molar-refractivity contribution in [3.8, 4) is 0 Å². The number of aromatic nitrogens is 1. The smallest absolute Gasteiger partial charge is 0.273 e. The highest BCUT2D eigenvalue weighted by molar-refractivity contribution is 7.10. The summed E-state index contributed by atoms with van der Waals surface area (Å²) in [6, 6.07) is 10.5. The van der Waals surface area contributed by atoms with Crippen LogP contribution in [-0.4, -0.2) is 33.7 Å². The Morgan fingerprint density at radius 3 is 2.30 bits per heavy atom. The van der Waals surface area contributed by atoms with Gasteiger partial charge in [-0.1, -0.05) is 51.3 Å². The van der Waals surface area contributed by atoms with Crippen molar-refractivity contribution in [2.24, 2.45) is 0 Å². The van der Waals surface area contributed by atoms with Gasteiger partial charge in [0, 0.05) is 22.1 Å². The van der Waals surface area contributed by atoms with E-state index in [4.69, 9.17) is 5.73 Å². The Hall–Kier alpha value is -3.24. The Balaban J connectivity index is 1.75. The van der Waals surface area contributed by atoms with Gasteiger partial charge < -0.3 is 16.4 Å². The summed E-state index contributed by atoms with van der Waals surface area (Å²) in [7, 11) is 0. The van der Waals surface area contributed by atoms with Gasteiger partial charge in [0.25, 0.3) is 11.8 Å². The van der Waals surface area contributed by atoms with Gasteiger partial charge >= 0.3 is 0 Å². The van der Waals surface area contributed by atoms with Crippen molar-refractivity contribution in [1.29, 1.82) is 0 Å². The van der Waals surface area contributed by atoms with Crippen LogP contribution in [0.5, 0.6) is 0 Å². The SMILES string of the molecule is CC(C)c1ccc(N(C(=O)c2snc(C(=O)NC3CCCCC3)c2N)[C@H](C(=O)NC(C)(C)C)c2cccs2)cc1. The fourth-order valence-electron chi connectivity index (χ4n) is 4.89. The summed E-state index contributed by atoms with van der Waals surface area (Å²) in [4.78, 5) is 43.5. The number of rotatable bonds is 8. The first kappa shape index (κ1) is 29.7. The van der Waals surface area contributed by atoms with Crippen molar-refractivity contribution in [3.05, 3.63) is 62.8 Å². The van der Waals surface area contributed by atoms with Gasteiger partial charge in [0.05, 0.1) is 5.69 Å². The molecular weight excluding hydrogens is 542 g/mol. The van der Waals surface area contributed by atoms with Gasteiger partial charge in [0.2, 0.25) is 5.91 Å². The molecule has 2 aromatic heterocycles. The molecule has 4 rings (SSSR count). The molecule has 3 aromatic rings. The van der Waals surface area contributed by atoms with Crippen molar-refractivity contribution in [2.45, 2.75) is 90.3 Å². The molecule has 40 heavy (non-hydrogen) atoms. The van der Waals surface area contributed by atoms with E-state index in [1.807, 2.05) is 62.5 Å². The fraction of sp³-hybridized carbons (Fsp3) is 0.467. The zero-order valence-corrected chi connectivity index (χ0v) is 25.5. The number of thiophene rings is 1. The van der Waals surface area contributed by atoms with Crippen LogP contribution >= 0.6 is 22.9 Å². The lowest BCUT2D eigenvalue weighted by atomic mass is 9.95. The highest BCUT2D eigenvalue weighted by atomic mass is 32.1. The van der Waals surface area contributed by atoms with Crippen LogP contribution in [0.25, 0.3) is 0 Å². The number of carbonyl (C=O) groups excluding carboxylic acids is 3. The predicted octanol–water partition coefficient (Wildman–Crippen LogP) is 6.28. The van der Waals surface area contributed by atoms with Gasteiger partial charge in [-0.2, -0.15) is 4.37 Å². The van der Waals surface area contributed by atoms with Crippen LogP contribution in [0.15, 0.2) is 41.8 Å². The van der Waals surface area contributed by atoms with Crippen molar-refractivity contribution in [1.82, 2.24) is 15.0 Å². The summed E-state index contributed by atoms with van der Waals surface area (Å²) >= 11 is 2.29. The van der Waals surface area contributed by atoms with Crippen molar-refractivity contribution in [3.63, 3.8) is 0 Å². The molecule has 0 aliphatic heterocycles. The Morgan fingerprint density at radius 1 is 1.05 bits per heavy atom. The number of nitrogens with zero attached hydrogens (tertiary/aromatic N) is 2. The quantitative estimate of drug-likeness (QED) is 0.290. The summed E-state index contributed by atoms with van der Waals surface area (Å²) in [5.74, 6) is -0.855. The first-order chi connectivity index (χ1) is 19.0. The van der Waals surface area contributed by atoms with E-state index in [1.165, 1.54) is 22.7 Å². The van der Waals surface area contributed by atoms with Crippen LogP contribution in [0.4, 0.5) is 11.4 Å². The zero-order chi connectivity index (χ0) is 29.0. The fourth-order valence-corrected chi connectivity index (χ4v) is 6.44. The topological polar surface area (TPSA) is 117 Å². The summed E-state index contributed by atoms with van der Waals surface area (Å²) in [5, 5.41) is 7.96. The molecular formula is C30H39N5O3S2. The van der Waals surface area contributed by atoms with Crippen molar-refractivity contribution in [2.75, 3.05) is 10.6 Å². The molecule has 1 aliphatic carbocycles. The summed E-state index contributed by atoms with van der Waals surface area (Å²) in [5.41, 5.74) is 7.67. The van der Waals surface area contributed by atoms with Gasteiger partial charge in [-0.3, -0.25) is 19.3 Å². The number of benzene rings is 1. The Labute approximate surface area is 244 Å². The number of hydrogen-bond donors (Lipinski definition) is 3. The standard InChI is InChI=1S/C30H39N5O3S2/c1-18(2)19-13-15-21(16-14-19)35(25(22-12-9-17-39-22)28(37)33-30(3,4)5)29(38)26-23(31)24(34-40-26)27(36)32-20-10-7-6-8-11-20/h9,12-18,20,25H,6-8,10-11,31H2,1-5H3,(H,32,36)(H,33,37)/t25-/m0/s1. The molecule has 0 spiro atoms. The zero-order valence-electron chi connectivity index (χ0n) is 23.8. The molecule has 0 unspecified atom stereocenters. The van der Waals surface area contributed by atoms with Crippen LogP contribution in [-0.2, 0) is 4.79 Å². The lowest BCUT2D eigenvalue weighted by molar-refractivity contribution is -0.123. The monoisotopic (exact) mass is 581 g/mol. The van der Waals surface area contributed by atoms with E-state index in [9.17, 15) is 14.4 Å². The molecule has 0 saturated heterocycles. The number of amides is 3. The lowest BCUT2D eigenvalue weighted by Crippen LogP contribution is -2.49. The van der Waals surface area contributed by atoms with E-state index in [0.717, 1.165) is 42.8 Å². The molecule has 0 bridgehead atoms. The van der Waals surface area contributed by atoms with E-state index in [0.29, 0.717) is 16.5 Å². The average Bonchev–Trinajstić information content (AvgIpc) is 3.56. The van der Waals surface area contributed by atoms with E-state index >= 15 is 0 Å². The summed E-state index contributed by atoms with van der Waals surface area (Å²) in [6.07, 6.45) is 5.17. The third kappa shape index (κ3) is 6.90. The largest absolute Gasteiger partial charge is 0.395 e. The highest BCUT2D eigenvalue weighted by Crippen LogP contribution is 2.35. The van der Waals surface area contributed by atoms with Gasteiger partial charge in [-0.05, 0) is 80.2 Å².